The second kappa shape index (κ2) is 13.0. The van der Waals surface area contributed by atoms with Crippen LogP contribution in [0, 0.1) is 0 Å². The number of carboxylic acid groups (broad SMARTS) is 1. The summed E-state index contributed by atoms with van der Waals surface area (Å²) in [5.41, 5.74) is -0.708. The van der Waals surface area contributed by atoms with Crippen LogP contribution in [0.25, 0.3) is 0 Å². The first-order valence-electron chi connectivity index (χ1n) is 12.8. The van der Waals surface area contributed by atoms with E-state index in [-0.39, 0.29) is 19.1 Å². The number of amides is 3. The highest BCUT2D eigenvalue weighted by Crippen LogP contribution is 2.37. The van der Waals surface area contributed by atoms with Crippen molar-refractivity contribution in [1.82, 2.24) is 15.5 Å². The van der Waals surface area contributed by atoms with E-state index < -0.39 is 23.6 Å². The van der Waals surface area contributed by atoms with Crippen molar-refractivity contribution in [3.63, 3.8) is 0 Å². The fourth-order valence-electron chi connectivity index (χ4n) is 4.48. The molecule has 208 valence electrons. The van der Waals surface area contributed by atoms with Gasteiger partial charge in [0.2, 0.25) is 12.7 Å². The molecule has 0 unspecified atom stereocenters. The van der Waals surface area contributed by atoms with Crippen LogP contribution in [-0.4, -0.2) is 40.7 Å². The van der Waals surface area contributed by atoms with Crippen molar-refractivity contribution < 1.29 is 29.0 Å². The molecule has 1 aromatic carbocycles. The Balaban J connectivity index is 1.53. The fraction of sp³-hybridized carbons (Fsp3) is 0.393. The molecule has 0 radical (unpaired) electrons. The van der Waals surface area contributed by atoms with E-state index in [1.807, 2.05) is 41.9 Å². The average molecular weight is 572 g/mol. The first kappa shape index (κ1) is 28.4. The molecular formula is C28H33N3O6S2. The number of carbonyl (C=O) groups is 3. The molecule has 3 aromatic rings. The van der Waals surface area contributed by atoms with Crippen molar-refractivity contribution in [2.24, 2.45) is 0 Å². The third kappa shape index (κ3) is 7.51. The van der Waals surface area contributed by atoms with Gasteiger partial charge in [-0.25, -0.2) is 4.79 Å². The van der Waals surface area contributed by atoms with E-state index in [0.29, 0.717) is 36.6 Å². The summed E-state index contributed by atoms with van der Waals surface area (Å²) in [5.74, 6) is -0.210. The van der Waals surface area contributed by atoms with Gasteiger partial charge in [-0.3, -0.25) is 9.59 Å². The summed E-state index contributed by atoms with van der Waals surface area (Å²) >= 11 is 3.16. The van der Waals surface area contributed by atoms with Gasteiger partial charge in [0, 0.05) is 9.75 Å². The van der Waals surface area contributed by atoms with Crippen molar-refractivity contribution in [2.45, 2.75) is 64.2 Å². The summed E-state index contributed by atoms with van der Waals surface area (Å²) in [4.78, 5) is 42.8. The monoisotopic (exact) mass is 571 g/mol. The number of carbonyl (C=O) groups excluding carboxylic acids is 2. The maximum absolute atomic E-state index is 13.8. The lowest BCUT2D eigenvalue weighted by Gasteiger charge is -2.32. The van der Waals surface area contributed by atoms with Crippen molar-refractivity contribution >= 4 is 40.6 Å². The average Bonchev–Trinajstić information content (AvgIpc) is 3.68. The SMILES string of the molecule is CCCC[C@@H](NC(=O)N[C@](C)(CC(=O)O)c1ccc2c(c1)OCO2)C(=O)N(Cc1cccs1)Cc1cccs1. The van der Waals surface area contributed by atoms with Gasteiger partial charge in [-0.05, 0) is 53.9 Å². The van der Waals surface area contributed by atoms with Gasteiger partial charge in [0.25, 0.3) is 0 Å². The molecule has 0 aliphatic carbocycles. The summed E-state index contributed by atoms with van der Waals surface area (Å²) in [6, 6.07) is 11.6. The largest absolute Gasteiger partial charge is 0.481 e. The molecule has 0 spiro atoms. The van der Waals surface area contributed by atoms with E-state index in [0.717, 1.165) is 22.6 Å². The van der Waals surface area contributed by atoms with Gasteiger partial charge in [0.1, 0.15) is 6.04 Å². The Bertz CT molecular complexity index is 1230. The third-order valence-corrected chi connectivity index (χ3v) is 8.24. The van der Waals surface area contributed by atoms with Gasteiger partial charge in [-0.2, -0.15) is 0 Å². The molecule has 3 amide bonds. The summed E-state index contributed by atoms with van der Waals surface area (Å²) in [6.45, 7) is 4.63. The van der Waals surface area contributed by atoms with Crippen molar-refractivity contribution in [1.29, 1.82) is 0 Å². The van der Waals surface area contributed by atoms with Crippen LogP contribution < -0.4 is 20.1 Å². The zero-order valence-electron chi connectivity index (χ0n) is 22.0. The predicted molar refractivity (Wildman–Crippen MR) is 150 cm³/mol. The van der Waals surface area contributed by atoms with Gasteiger partial charge in [0.05, 0.1) is 25.0 Å². The summed E-state index contributed by atoms with van der Waals surface area (Å²) in [5, 5.41) is 19.3. The molecule has 2 atom stereocenters. The fourth-order valence-corrected chi connectivity index (χ4v) is 5.92. The second-order valence-corrected chi connectivity index (χ2v) is 11.7. The van der Waals surface area contributed by atoms with E-state index in [1.54, 1.807) is 52.7 Å². The molecule has 3 heterocycles. The zero-order valence-corrected chi connectivity index (χ0v) is 23.6. The maximum atomic E-state index is 13.8. The minimum absolute atomic E-state index is 0.0804. The van der Waals surface area contributed by atoms with Crippen LogP contribution >= 0.6 is 22.7 Å². The molecule has 1 aliphatic rings. The van der Waals surface area contributed by atoms with Gasteiger partial charge in [0.15, 0.2) is 11.5 Å². The smallest absolute Gasteiger partial charge is 0.316 e. The Hall–Kier alpha value is -3.57. The maximum Gasteiger partial charge on any atom is 0.316 e. The van der Waals surface area contributed by atoms with Crippen molar-refractivity contribution in [2.75, 3.05) is 6.79 Å². The van der Waals surface area contributed by atoms with Crippen LogP contribution in [0.5, 0.6) is 11.5 Å². The van der Waals surface area contributed by atoms with Gasteiger partial charge < -0.3 is 30.1 Å². The number of aliphatic carboxylic acids is 1. The molecule has 4 rings (SSSR count). The highest BCUT2D eigenvalue weighted by molar-refractivity contribution is 7.10. The van der Waals surface area contributed by atoms with Gasteiger partial charge >= 0.3 is 12.0 Å². The summed E-state index contributed by atoms with van der Waals surface area (Å²) < 4.78 is 10.8. The minimum atomic E-state index is -1.26. The standard InChI is InChI=1S/C28H33N3O6S2/c1-3-4-9-22(26(34)31(16-20-7-5-12-38-20)17-21-8-6-13-39-21)29-27(35)30-28(2,15-25(32)33)19-10-11-23-24(14-19)37-18-36-23/h5-8,10-14,22H,3-4,9,15-18H2,1-2H3,(H,32,33)(H2,29,30,35)/t22-,28-/m1/s1. The normalized spacial score (nSPS) is 14.3. The number of urea groups is 1. The Morgan fingerprint density at radius 2 is 1.72 bits per heavy atom. The van der Waals surface area contributed by atoms with Crippen LogP contribution in [0.15, 0.2) is 53.2 Å². The van der Waals surface area contributed by atoms with Crippen LogP contribution in [0.3, 0.4) is 0 Å². The molecule has 0 saturated carbocycles. The van der Waals surface area contributed by atoms with Gasteiger partial charge in [-0.15, -0.1) is 22.7 Å². The molecule has 0 bridgehead atoms. The van der Waals surface area contributed by atoms with Crippen molar-refractivity contribution in [3.05, 3.63) is 68.5 Å². The summed E-state index contributed by atoms with van der Waals surface area (Å²) in [7, 11) is 0. The molecule has 9 nitrogen and oxygen atoms in total. The number of nitrogens with zero attached hydrogens (tertiary/aromatic N) is 1. The quantitative estimate of drug-likeness (QED) is 0.256. The second-order valence-electron chi connectivity index (χ2n) is 9.62. The van der Waals surface area contributed by atoms with Crippen LogP contribution in [0.4, 0.5) is 4.79 Å². The third-order valence-electron chi connectivity index (χ3n) is 6.52. The number of unbranched alkanes of at least 4 members (excludes halogenated alkanes) is 1. The lowest BCUT2D eigenvalue weighted by molar-refractivity contribution is -0.138. The molecule has 0 saturated heterocycles. The molecule has 39 heavy (non-hydrogen) atoms. The lowest BCUT2D eigenvalue weighted by atomic mass is 9.88. The van der Waals surface area contributed by atoms with E-state index >= 15 is 0 Å². The number of carboxylic acids is 1. The number of rotatable bonds is 13. The Morgan fingerprint density at radius 3 is 2.31 bits per heavy atom. The number of thiophene rings is 2. The Labute approximate surface area is 235 Å². The topological polar surface area (TPSA) is 117 Å². The molecule has 0 fully saturated rings. The van der Waals surface area contributed by atoms with E-state index in [4.69, 9.17) is 9.47 Å². The Morgan fingerprint density at radius 1 is 1.05 bits per heavy atom. The van der Waals surface area contributed by atoms with E-state index in [1.165, 1.54) is 0 Å². The van der Waals surface area contributed by atoms with Crippen LogP contribution in [0.1, 0.15) is 54.8 Å². The number of benzene rings is 1. The van der Waals surface area contributed by atoms with Crippen LogP contribution in [-0.2, 0) is 28.2 Å². The highest BCUT2D eigenvalue weighted by Gasteiger charge is 2.35. The van der Waals surface area contributed by atoms with E-state index in [9.17, 15) is 19.5 Å². The van der Waals surface area contributed by atoms with Gasteiger partial charge in [-0.1, -0.05) is 38.0 Å². The molecule has 1 aliphatic heterocycles. The number of fused-ring (bicyclic) bond motifs is 1. The number of nitrogens with one attached hydrogen (secondary N) is 2. The van der Waals surface area contributed by atoms with Crippen molar-refractivity contribution in [3.8, 4) is 11.5 Å². The first-order valence-corrected chi connectivity index (χ1v) is 14.6. The predicted octanol–water partition coefficient (Wildman–Crippen LogP) is 5.32. The van der Waals surface area contributed by atoms with Crippen LogP contribution in [0.2, 0.25) is 0 Å². The Kier molecular flexibility index (Phi) is 9.47. The molecule has 3 N–H and O–H groups in total. The zero-order chi connectivity index (χ0) is 27.8. The minimum Gasteiger partial charge on any atom is -0.481 e. The first-order chi connectivity index (χ1) is 18.8. The molecular weight excluding hydrogens is 538 g/mol. The lowest BCUT2D eigenvalue weighted by Crippen LogP contribution is -2.55. The number of ether oxygens (including phenoxy) is 2. The number of hydrogen-bond donors (Lipinski definition) is 3. The highest BCUT2D eigenvalue weighted by atomic mass is 32.1. The summed E-state index contributed by atoms with van der Waals surface area (Å²) in [6.07, 6.45) is 1.71. The molecule has 11 heteroatoms. The van der Waals surface area contributed by atoms with E-state index in [2.05, 4.69) is 10.6 Å². The number of hydrogen-bond acceptors (Lipinski definition) is 7. The molecule has 2 aromatic heterocycles.